The highest BCUT2D eigenvalue weighted by Gasteiger charge is 2.23. The van der Waals surface area contributed by atoms with E-state index in [1.807, 2.05) is 24.3 Å². The molecule has 2 unspecified atom stereocenters. The summed E-state index contributed by atoms with van der Waals surface area (Å²) < 4.78 is 6.81. The van der Waals surface area contributed by atoms with Gasteiger partial charge in [0.25, 0.3) is 0 Å². The van der Waals surface area contributed by atoms with Crippen LogP contribution in [0.1, 0.15) is 36.6 Å². The first-order chi connectivity index (χ1) is 10.1. The van der Waals surface area contributed by atoms with E-state index in [-0.39, 0.29) is 6.04 Å². The lowest BCUT2D eigenvalue weighted by Gasteiger charge is -2.29. The monoisotopic (exact) mass is 365 g/mol. The first-order valence-electron chi connectivity index (χ1n) is 7.07. The largest absolute Gasteiger partial charge is 0.493 e. The lowest BCUT2D eigenvalue weighted by Crippen LogP contribution is -2.29. The summed E-state index contributed by atoms with van der Waals surface area (Å²) in [5.74, 6) is 0.977. The van der Waals surface area contributed by atoms with Crippen LogP contribution in [0.5, 0.6) is 5.75 Å². The number of benzene rings is 2. The Morgan fingerprint density at radius 1 is 1.24 bits per heavy atom. The van der Waals surface area contributed by atoms with Gasteiger partial charge in [-0.25, -0.2) is 0 Å². The van der Waals surface area contributed by atoms with Crippen molar-refractivity contribution >= 4 is 27.5 Å². The summed E-state index contributed by atoms with van der Waals surface area (Å²) in [6.07, 6.45) is 0.974. The molecule has 0 fully saturated rings. The molecule has 21 heavy (non-hydrogen) atoms. The van der Waals surface area contributed by atoms with Crippen molar-refractivity contribution in [1.29, 1.82) is 0 Å². The van der Waals surface area contributed by atoms with Crippen molar-refractivity contribution in [2.24, 2.45) is 0 Å². The van der Waals surface area contributed by atoms with E-state index in [9.17, 15) is 0 Å². The number of rotatable bonds is 3. The summed E-state index contributed by atoms with van der Waals surface area (Å²) >= 11 is 9.49. The van der Waals surface area contributed by atoms with Crippen LogP contribution >= 0.6 is 27.5 Å². The second-order valence-corrected chi connectivity index (χ2v) is 6.66. The minimum Gasteiger partial charge on any atom is -0.493 e. The Morgan fingerprint density at radius 3 is 2.76 bits per heavy atom. The molecule has 1 aliphatic heterocycles. The number of hydrogen-bond donors (Lipinski definition) is 1. The van der Waals surface area contributed by atoms with Gasteiger partial charge >= 0.3 is 0 Å². The van der Waals surface area contributed by atoms with Crippen molar-refractivity contribution in [3.05, 3.63) is 63.1 Å². The van der Waals surface area contributed by atoms with Gasteiger partial charge in [-0.05, 0) is 42.8 Å². The summed E-state index contributed by atoms with van der Waals surface area (Å²) in [6, 6.07) is 14.8. The normalized spacial score (nSPS) is 18.7. The van der Waals surface area contributed by atoms with Crippen LogP contribution in [-0.4, -0.2) is 6.61 Å². The molecular formula is C17H17BrClNO. The molecule has 2 atom stereocenters. The Morgan fingerprint density at radius 2 is 2.00 bits per heavy atom. The lowest BCUT2D eigenvalue weighted by molar-refractivity contribution is 0.246. The number of nitrogens with one attached hydrogen (secondary N) is 1. The fraction of sp³-hybridized carbons (Fsp3) is 0.294. The van der Waals surface area contributed by atoms with E-state index in [1.165, 1.54) is 11.1 Å². The third kappa shape index (κ3) is 3.42. The van der Waals surface area contributed by atoms with E-state index in [2.05, 4.69) is 46.4 Å². The molecule has 0 saturated heterocycles. The smallest absolute Gasteiger partial charge is 0.124 e. The van der Waals surface area contributed by atoms with Crippen LogP contribution in [0.4, 0.5) is 0 Å². The van der Waals surface area contributed by atoms with E-state index in [1.54, 1.807) is 0 Å². The molecule has 2 aromatic carbocycles. The zero-order valence-corrected chi connectivity index (χ0v) is 14.1. The van der Waals surface area contributed by atoms with Gasteiger partial charge in [-0.15, -0.1) is 0 Å². The zero-order valence-electron chi connectivity index (χ0n) is 11.8. The molecule has 0 bridgehead atoms. The number of fused-ring (bicyclic) bond motifs is 1. The molecule has 4 heteroatoms. The molecule has 1 heterocycles. The Labute approximate surface area is 138 Å². The fourth-order valence-corrected chi connectivity index (χ4v) is 3.19. The maximum atomic E-state index is 5.95. The van der Waals surface area contributed by atoms with E-state index in [4.69, 9.17) is 16.3 Å². The Hall–Kier alpha value is -1.03. The average Bonchev–Trinajstić information content (AvgIpc) is 2.48. The molecule has 1 N–H and O–H groups in total. The molecule has 0 aliphatic carbocycles. The summed E-state index contributed by atoms with van der Waals surface area (Å²) in [6.45, 7) is 2.93. The highest BCUT2D eigenvalue weighted by molar-refractivity contribution is 9.10. The standard InChI is InChI=1S/C17H17BrClNO/c1-11(12-2-5-14(19)6-3-12)20-16-8-9-21-17-7-4-13(18)10-15(16)17/h2-7,10-11,16,20H,8-9H2,1H3. The van der Waals surface area contributed by atoms with Gasteiger partial charge in [0, 0.05) is 33.6 Å². The first-order valence-corrected chi connectivity index (χ1v) is 8.24. The Kier molecular flexibility index (Phi) is 4.53. The minimum atomic E-state index is 0.261. The third-order valence-electron chi connectivity index (χ3n) is 3.83. The molecule has 3 rings (SSSR count). The van der Waals surface area contributed by atoms with E-state index >= 15 is 0 Å². The average molecular weight is 367 g/mol. The highest BCUT2D eigenvalue weighted by atomic mass is 79.9. The van der Waals surface area contributed by atoms with Crippen molar-refractivity contribution in [1.82, 2.24) is 5.32 Å². The van der Waals surface area contributed by atoms with Crippen LogP contribution in [0.2, 0.25) is 5.02 Å². The van der Waals surface area contributed by atoms with Gasteiger partial charge in [0.2, 0.25) is 0 Å². The Bertz CT molecular complexity index is 629. The van der Waals surface area contributed by atoms with Gasteiger partial charge in [-0.2, -0.15) is 0 Å². The second-order valence-electron chi connectivity index (χ2n) is 5.31. The van der Waals surface area contributed by atoms with E-state index in [0.717, 1.165) is 28.3 Å². The number of hydrogen-bond acceptors (Lipinski definition) is 2. The Balaban J connectivity index is 1.80. The van der Waals surface area contributed by atoms with Crippen molar-refractivity contribution < 1.29 is 4.74 Å². The third-order valence-corrected chi connectivity index (χ3v) is 4.58. The molecular weight excluding hydrogens is 350 g/mol. The van der Waals surface area contributed by atoms with Gasteiger partial charge in [-0.1, -0.05) is 39.7 Å². The van der Waals surface area contributed by atoms with Crippen LogP contribution < -0.4 is 10.1 Å². The maximum Gasteiger partial charge on any atom is 0.124 e. The summed E-state index contributed by atoms with van der Waals surface area (Å²) in [7, 11) is 0. The van der Waals surface area contributed by atoms with Crippen LogP contribution in [0, 0.1) is 0 Å². The number of ether oxygens (including phenoxy) is 1. The van der Waals surface area contributed by atoms with Crippen LogP contribution in [0.3, 0.4) is 0 Å². The maximum absolute atomic E-state index is 5.95. The van der Waals surface area contributed by atoms with Crippen molar-refractivity contribution in [3.63, 3.8) is 0 Å². The fourth-order valence-electron chi connectivity index (χ4n) is 2.69. The molecule has 110 valence electrons. The van der Waals surface area contributed by atoms with E-state index < -0.39 is 0 Å². The molecule has 0 saturated carbocycles. The molecule has 0 aromatic heterocycles. The second kappa shape index (κ2) is 6.39. The van der Waals surface area contributed by atoms with Crippen LogP contribution in [0.25, 0.3) is 0 Å². The van der Waals surface area contributed by atoms with Crippen molar-refractivity contribution in [3.8, 4) is 5.75 Å². The predicted octanol–water partition coefficient (Wildman–Crippen LogP) is 5.28. The molecule has 2 nitrogen and oxygen atoms in total. The van der Waals surface area contributed by atoms with Crippen molar-refractivity contribution in [2.75, 3.05) is 6.61 Å². The highest BCUT2D eigenvalue weighted by Crippen LogP contribution is 2.35. The van der Waals surface area contributed by atoms with Gasteiger partial charge < -0.3 is 10.1 Å². The SMILES string of the molecule is CC(NC1CCOc2ccc(Br)cc21)c1ccc(Cl)cc1. The minimum absolute atomic E-state index is 0.261. The van der Waals surface area contributed by atoms with Gasteiger partial charge in [0.05, 0.1) is 6.61 Å². The van der Waals surface area contributed by atoms with Gasteiger partial charge in [0.15, 0.2) is 0 Å². The van der Waals surface area contributed by atoms with Crippen LogP contribution in [-0.2, 0) is 0 Å². The molecule has 1 aliphatic rings. The molecule has 0 amide bonds. The zero-order chi connectivity index (χ0) is 14.8. The lowest BCUT2D eigenvalue weighted by atomic mass is 9.98. The van der Waals surface area contributed by atoms with Crippen LogP contribution in [0.15, 0.2) is 46.9 Å². The quantitative estimate of drug-likeness (QED) is 0.798. The van der Waals surface area contributed by atoms with Crippen molar-refractivity contribution in [2.45, 2.75) is 25.4 Å². The summed E-state index contributed by atoms with van der Waals surface area (Å²) in [4.78, 5) is 0. The van der Waals surface area contributed by atoms with Gasteiger partial charge in [0.1, 0.15) is 5.75 Å². The van der Waals surface area contributed by atoms with E-state index in [0.29, 0.717) is 6.04 Å². The number of halogens is 2. The van der Waals surface area contributed by atoms with Gasteiger partial charge in [-0.3, -0.25) is 0 Å². The topological polar surface area (TPSA) is 21.3 Å². The first kappa shape index (κ1) is 14.9. The summed E-state index contributed by atoms with van der Waals surface area (Å²) in [5.41, 5.74) is 2.46. The molecule has 0 radical (unpaired) electrons. The molecule has 2 aromatic rings. The predicted molar refractivity (Wildman–Crippen MR) is 90.0 cm³/mol. The summed E-state index contributed by atoms with van der Waals surface area (Å²) in [5, 5.41) is 4.46. The molecule has 0 spiro atoms.